The summed E-state index contributed by atoms with van der Waals surface area (Å²) in [4.78, 5) is 11.2. The number of rotatable bonds is 1. The Bertz CT molecular complexity index is 537. The second-order valence-corrected chi connectivity index (χ2v) is 3.77. The molecule has 1 aliphatic carbocycles. The van der Waals surface area contributed by atoms with E-state index in [9.17, 15) is 4.79 Å². The summed E-state index contributed by atoms with van der Waals surface area (Å²) in [5, 5.41) is 6.95. The molecular formula is C11H10N2O2. The van der Waals surface area contributed by atoms with Crippen LogP contribution in [0, 0.1) is 0 Å². The van der Waals surface area contributed by atoms with Gasteiger partial charge in [-0.3, -0.25) is 9.89 Å². The second kappa shape index (κ2) is 2.82. The fraction of sp³-hybridized carbons (Fsp3) is 0.273. The van der Waals surface area contributed by atoms with Crippen molar-refractivity contribution < 1.29 is 9.21 Å². The van der Waals surface area contributed by atoms with E-state index in [2.05, 4.69) is 10.2 Å². The number of aromatic amines is 1. The largest absolute Gasteiger partial charge is 0.457 e. The van der Waals surface area contributed by atoms with Crippen molar-refractivity contribution in [2.75, 3.05) is 0 Å². The van der Waals surface area contributed by atoms with Crippen molar-refractivity contribution in [3.05, 3.63) is 29.3 Å². The van der Waals surface area contributed by atoms with Crippen molar-refractivity contribution in [3.8, 4) is 11.3 Å². The Balaban J connectivity index is 2.20. The number of carbonyl (C=O) groups excluding carboxylic acids is 1. The highest BCUT2D eigenvalue weighted by molar-refractivity contribution is 5.93. The predicted octanol–water partition coefficient (Wildman–Crippen LogP) is 1.97. The van der Waals surface area contributed by atoms with Crippen LogP contribution < -0.4 is 0 Å². The van der Waals surface area contributed by atoms with Gasteiger partial charge in [-0.2, -0.15) is 5.10 Å². The van der Waals surface area contributed by atoms with E-state index >= 15 is 0 Å². The first-order chi connectivity index (χ1) is 7.25. The Morgan fingerprint density at radius 1 is 1.53 bits per heavy atom. The molecule has 0 saturated heterocycles. The number of furan rings is 1. The lowest BCUT2D eigenvalue weighted by molar-refractivity contribution is 0.0985. The molecule has 76 valence electrons. The Hall–Kier alpha value is -1.84. The average molecular weight is 202 g/mol. The topological polar surface area (TPSA) is 58.9 Å². The van der Waals surface area contributed by atoms with Crippen LogP contribution in [0.4, 0.5) is 0 Å². The van der Waals surface area contributed by atoms with Gasteiger partial charge in [0.1, 0.15) is 5.76 Å². The van der Waals surface area contributed by atoms with E-state index in [1.807, 2.05) is 6.20 Å². The average Bonchev–Trinajstić information content (AvgIpc) is 2.82. The zero-order valence-corrected chi connectivity index (χ0v) is 8.33. The fourth-order valence-electron chi connectivity index (χ4n) is 1.98. The number of ketones is 1. The van der Waals surface area contributed by atoms with Gasteiger partial charge in [0.25, 0.3) is 0 Å². The van der Waals surface area contributed by atoms with E-state index in [-0.39, 0.29) is 5.78 Å². The normalized spacial score (nSPS) is 13.4. The van der Waals surface area contributed by atoms with Crippen molar-refractivity contribution in [1.29, 1.82) is 0 Å². The maximum Gasteiger partial charge on any atom is 0.194 e. The summed E-state index contributed by atoms with van der Waals surface area (Å²) < 4.78 is 5.50. The van der Waals surface area contributed by atoms with Crippen LogP contribution in [0.25, 0.3) is 11.3 Å². The molecule has 0 saturated carbocycles. The van der Waals surface area contributed by atoms with Crippen LogP contribution in [0.3, 0.4) is 0 Å². The van der Waals surface area contributed by atoms with Crippen molar-refractivity contribution in [3.63, 3.8) is 0 Å². The summed E-state index contributed by atoms with van der Waals surface area (Å²) in [6.07, 6.45) is 3.59. The number of carbonyl (C=O) groups is 1. The van der Waals surface area contributed by atoms with Crippen LogP contribution in [0.15, 0.2) is 16.7 Å². The molecule has 2 aromatic heterocycles. The van der Waals surface area contributed by atoms with Crippen molar-refractivity contribution >= 4 is 5.78 Å². The molecule has 4 nitrogen and oxygen atoms in total. The van der Waals surface area contributed by atoms with E-state index < -0.39 is 0 Å². The standard InChI is InChI=1S/C11H10N2O2/c1-6(14)10-4-8-9(15-10)3-2-7-5-12-13-11(7)8/h4-5H,2-3H2,1H3,(H,12,13). The van der Waals surface area contributed by atoms with Crippen LogP contribution in [0.5, 0.6) is 0 Å². The molecule has 2 heterocycles. The molecule has 0 amide bonds. The maximum absolute atomic E-state index is 11.2. The lowest BCUT2D eigenvalue weighted by Gasteiger charge is -2.08. The number of fused-ring (bicyclic) bond motifs is 3. The SMILES string of the molecule is CC(=O)c1cc2c(o1)CCc1cn[nH]c1-2. The van der Waals surface area contributed by atoms with Crippen molar-refractivity contribution in [2.24, 2.45) is 0 Å². The Labute approximate surface area is 86.3 Å². The molecule has 2 aromatic rings. The van der Waals surface area contributed by atoms with Gasteiger partial charge in [-0.25, -0.2) is 0 Å². The summed E-state index contributed by atoms with van der Waals surface area (Å²) in [6.45, 7) is 1.51. The molecule has 4 heteroatoms. The van der Waals surface area contributed by atoms with Crippen molar-refractivity contribution in [2.45, 2.75) is 19.8 Å². The number of hydrogen-bond donors (Lipinski definition) is 1. The number of aryl methyl sites for hydroxylation is 2. The van der Waals surface area contributed by atoms with Gasteiger partial charge in [0.2, 0.25) is 0 Å². The van der Waals surface area contributed by atoms with Crippen LogP contribution >= 0.6 is 0 Å². The molecule has 15 heavy (non-hydrogen) atoms. The van der Waals surface area contributed by atoms with E-state index in [0.29, 0.717) is 5.76 Å². The van der Waals surface area contributed by atoms with Gasteiger partial charge in [-0.1, -0.05) is 0 Å². The molecule has 0 bridgehead atoms. The van der Waals surface area contributed by atoms with Gasteiger partial charge >= 0.3 is 0 Å². The van der Waals surface area contributed by atoms with Crippen LogP contribution in [0.1, 0.15) is 28.8 Å². The van der Waals surface area contributed by atoms with Crippen LogP contribution in [-0.2, 0) is 12.8 Å². The summed E-state index contributed by atoms with van der Waals surface area (Å²) in [5.74, 6) is 1.28. The number of nitrogens with zero attached hydrogens (tertiary/aromatic N) is 1. The molecule has 0 spiro atoms. The minimum atomic E-state index is -0.0366. The first-order valence-corrected chi connectivity index (χ1v) is 4.92. The highest BCUT2D eigenvalue weighted by Crippen LogP contribution is 2.33. The summed E-state index contributed by atoms with van der Waals surface area (Å²) >= 11 is 0. The second-order valence-electron chi connectivity index (χ2n) is 3.77. The first kappa shape index (κ1) is 8.47. The highest BCUT2D eigenvalue weighted by Gasteiger charge is 2.23. The number of aromatic nitrogens is 2. The third-order valence-electron chi connectivity index (χ3n) is 2.76. The lowest BCUT2D eigenvalue weighted by atomic mass is 9.96. The molecule has 1 aliphatic rings. The number of H-pyrrole nitrogens is 1. The van der Waals surface area contributed by atoms with E-state index in [1.165, 1.54) is 12.5 Å². The third-order valence-corrected chi connectivity index (χ3v) is 2.76. The maximum atomic E-state index is 11.2. The molecule has 0 atom stereocenters. The molecule has 0 aromatic carbocycles. The van der Waals surface area contributed by atoms with Gasteiger partial charge < -0.3 is 4.42 Å². The van der Waals surface area contributed by atoms with E-state index in [0.717, 1.165) is 29.9 Å². The van der Waals surface area contributed by atoms with E-state index in [4.69, 9.17) is 4.42 Å². The van der Waals surface area contributed by atoms with Gasteiger partial charge in [-0.15, -0.1) is 0 Å². The Morgan fingerprint density at radius 3 is 3.20 bits per heavy atom. The fourth-order valence-corrected chi connectivity index (χ4v) is 1.98. The monoisotopic (exact) mass is 202 g/mol. The first-order valence-electron chi connectivity index (χ1n) is 4.92. The Kier molecular flexibility index (Phi) is 1.59. The van der Waals surface area contributed by atoms with Crippen molar-refractivity contribution in [1.82, 2.24) is 10.2 Å². The summed E-state index contributed by atoms with van der Waals surface area (Å²) in [5.41, 5.74) is 3.17. The van der Waals surface area contributed by atoms with Gasteiger partial charge in [0.05, 0.1) is 11.9 Å². The van der Waals surface area contributed by atoms with Gasteiger partial charge in [-0.05, 0) is 18.1 Å². The highest BCUT2D eigenvalue weighted by atomic mass is 16.3. The summed E-state index contributed by atoms with van der Waals surface area (Å²) in [6, 6.07) is 1.80. The van der Waals surface area contributed by atoms with Crippen LogP contribution in [0.2, 0.25) is 0 Å². The molecule has 0 fully saturated rings. The molecular weight excluding hydrogens is 192 g/mol. The van der Waals surface area contributed by atoms with E-state index in [1.54, 1.807) is 6.07 Å². The molecule has 0 radical (unpaired) electrons. The molecule has 3 rings (SSSR count). The lowest BCUT2D eigenvalue weighted by Crippen LogP contribution is -1.99. The van der Waals surface area contributed by atoms with Gasteiger partial charge in [0.15, 0.2) is 11.5 Å². The molecule has 0 unspecified atom stereocenters. The predicted molar refractivity (Wildman–Crippen MR) is 53.7 cm³/mol. The number of Topliss-reactive ketones (excluding diaryl/α,β-unsaturated/α-hetero) is 1. The minimum Gasteiger partial charge on any atom is -0.457 e. The van der Waals surface area contributed by atoms with Crippen LogP contribution in [-0.4, -0.2) is 16.0 Å². The molecule has 1 N–H and O–H groups in total. The zero-order chi connectivity index (χ0) is 10.4. The molecule has 0 aliphatic heterocycles. The minimum absolute atomic E-state index is 0.0366. The third kappa shape index (κ3) is 1.14. The number of nitrogens with one attached hydrogen (secondary N) is 1. The summed E-state index contributed by atoms with van der Waals surface area (Å²) in [7, 11) is 0. The smallest absolute Gasteiger partial charge is 0.194 e. The Morgan fingerprint density at radius 2 is 2.40 bits per heavy atom. The zero-order valence-electron chi connectivity index (χ0n) is 8.33. The number of hydrogen-bond acceptors (Lipinski definition) is 3. The quantitative estimate of drug-likeness (QED) is 0.719. The van der Waals surface area contributed by atoms with Gasteiger partial charge in [0, 0.05) is 18.9 Å².